The normalized spacial score (nSPS) is 11.8. The molecule has 2 aromatic carbocycles. The Hall–Kier alpha value is -4.57. The molecule has 1 N–H and O–H groups in total. The van der Waals surface area contributed by atoms with E-state index in [1.165, 1.54) is 12.3 Å². The monoisotopic (exact) mass is 530 g/mol. The van der Waals surface area contributed by atoms with Crippen molar-refractivity contribution in [2.24, 2.45) is 0 Å². The number of pyridine rings is 2. The van der Waals surface area contributed by atoms with Gasteiger partial charge >= 0.3 is 6.18 Å². The van der Waals surface area contributed by atoms with Crippen LogP contribution in [0.3, 0.4) is 0 Å². The van der Waals surface area contributed by atoms with Crippen molar-refractivity contribution in [2.75, 3.05) is 19.4 Å². The number of halogens is 3. The van der Waals surface area contributed by atoms with Gasteiger partial charge in [-0.15, -0.1) is 0 Å². The molecule has 10 heteroatoms. The van der Waals surface area contributed by atoms with E-state index < -0.39 is 17.6 Å². The zero-order valence-corrected chi connectivity index (χ0v) is 21.5. The first kappa shape index (κ1) is 26.1. The highest BCUT2D eigenvalue weighted by Gasteiger charge is 2.32. The fraction of sp³-hybridized carbons (Fsp3) is 0.172. The van der Waals surface area contributed by atoms with Crippen molar-refractivity contribution in [3.05, 3.63) is 102 Å². The molecule has 0 saturated heterocycles. The van der Waals surface area contributed by atoms with E-state index in [2.05, 4.69) is 20.3 Å². The van der Waals surface area contributed by atoms with Gasteiger partial charge in [0.1, 0.15) is 5.82 Å². The minimum atomic E-state index is -4.64. The molecule has 0 fully saturated rings. The predicted molar refractivity (Wildman–Crippen MR) is 144 cm³/mol. The fourth-order valence-electron chi connectivity index (χ4n) is 4.40. The van der Waals surface area contributed by atoms with E-state index in [1.807, 2.05) is 44.1 Å². The Labute approximate surface area is 223 Å². The van der Waals surface area contributed by atoms with E-state index in [1.54, 1.807) is 41.5 Å². The summed E-state index contributed by atoms with van der Waals surface area (Å²) in [7, 11) is 3.68. The van der Waals surface area contributed by atoms with Crippen LogP contribution >= 0.6 is 0 Å². The largest absolute Gasteiger partial charge is 0.416 e. The third kappa shape index (κ3) is 5.51. The number of nitrogens with zero attached hydrogens (tertiary/aromatic N) is 5. The van der Waals surface area contributed by atoms with Crippen LogP contribution in [0.2, 0.25) is 0 Å². The number of alkyl halides is 3. The van der Waals surface area contributed by atoms with E-state index in [4.69, 9.17) is 0 Å². The first-order valence-electron chi connectivity index (χ1n) is 12.1. The summed E-state index contributed by atoms with van der Waals surface area (Å²) >= 11 is 0. The smallest absolute Gasteiger partial charge is 0.322 e. The molecule has 0 saturated carbocycles. The summed E-state index contributed by atoms with van der Waals surface area (Å²) in [6.45, 7) is 2.34. The Balaban J connectivity index is 1.52. The third-order valence-corrected chi connectivity index (χ3v) is 6.26. The molecular weight excluding hydrogens is 505 g/mol. The van der Waals surface area contributed by atoms with Crippen LogP contribution in [0.4, 0.5) is 18.9 Å². The van der Waals surface area contributed by atoms with Gasteiger partial charge in [-0.25, -0.2) is 4.98 Å². The number of rotatable bonds is 6. The van der Waals surface area contributed by atoms with Gasteiger partial charge in [-0.05, 0) is 74.6 Å². The summed E-state index contributed by atoms with van der Waals surface area (Å²) in [6, 6.07) is 12.4. The summed E-state index contributed by atoms with van der Waals surface area (Å²) in [5, 5.41) is 3.63. The zero-order chi connectivity index (χ0) is 27.7. The van der Waals surface area contributed by atoms with Crippen LogP contribution in [-0.4, -0.2) is 44.4 Å². The lowest BCUT2D eigenvalue weighted by atomic mass is 9.99. The summed E-state index contributed by atoms with van der Waals surface area (Å²) < 4.78 is 43.0. The Morgan fingerprint density at radius 3 is 2.59 bits per heavy atom. The molecule has 3 aromatic heterocycles. The van der Waals surface area contributed by atoms with Crippen LogP contribution in [0.1, 0.15) is 27.3 Å². The van der Waals surface area contributed by atoms with Crippen molar-refractivity contribution >= 4 is 22.5 Å². The van der Waals surface area contributed by atoms with Crippen LogP contribution in [-0.2, 0) is 12.7 Å². The third-order valence-electron chi connectivity index (χ3n) is 6.26. The van der Waals surface area contributed by atoms with Crippen LogP contribution in [0, 0.1) is 6.92 Å². The number of hydrogen-bond acceptors (Lipinski definition) is 5. The van der Waals surface area contributed by atoms with Crippen LogP contribution in [0.25, 0.3) is 27.7 Å². The van der Waals surface area contributed by atoms with Gasteiger partial charge in [-0.2, -0.15) is 13.2 Å². The number of carbonyl (C=O) groups is 1. The number of imidazole rings is 1. The van der Waals surface area contributed by atoms with Gasteiger partial charge < -0.3 is 14.8 Å². The van der Waals surface area contributed by atoms with Crippen LogP contribution in [0.5, 0.6) is 0 Å². The SMILES string of the molecule is Cc1ccc(NC(=O)c2cc(-n3ccnc3CN(C)C)cc(C(F)(F)F)c2)cc1-c1cncc2cccnc12. The molecule has 1 amide bonds. The second-order valence-electron chi connectivity index (χ2n) is 9.46. The number of aromatic nitrogens is 4. The average Bonchev–Trinajstić information content (AvgIpc) is 3.36. The van der Waals surface area contributed by atoms with Crippen LogP contribution < -0.4 is 5.32 Å². The lowest BCUT2D eigenvalue weighted by molar-refractivity contribution is -0.137. The Morgan fingerprint density at radius 1 is 1.00 bits per heavy atom. The highest BCUT2D eigenvalue weighted by molar-refractivity contribution is 6.05. The van der Waals surface area contributed by atoms with Gasteiger partial charge in [0.05, 0.1) is 17.6 Å². The maximum Gasteiger partial charge on any atom is 0.416 e. The van der Waals surface area contributed by atoms with E-state index in [-0.39, 0.29) is 11.3 Å². The summed E-state index contributed by atoms with van der Waals surface area (Å²) in [4.78, 5) is 28.2. The minimum Gasteiger partial charge on any atom is -0.322 e. The van der Waals surface area contributed by atoms with Gasteiger partial charge in [0.25, 0.3) is 5.91 Å². The molecule has 5 rings (SSSR count). The van der Waals surface area contributed by atoms with Crippen molar-refractivity contribution in [1.82, 2.24) is 24.4 Å². The number of aryl methyl sites for hydroxylation is 1. The van der Waals surface area contributed by atoms with Crippen LogP contribution in [0.15, 0.2) is 79.5 Å². The maximum atomic E-state index is 13.8. The Bertz CT molecular complexity index is 1670. The highest BCUT2D eigenvalue weighted by atomic mass is 19.4. The first-order chi connectivity index (χ1) is 18.6. The molecule has 198 valence electrons. The number of fused-ring (bicyclic) bond motifs is 1. The predicted octanol–water partition coefficient (Wildman–Crippen LogP) is 6.12. The molecule has 0 radical (unpaired) electrons. The molecule has 7 nitrogen and oxygen atoms in total. The molecule has 5 aromatic rings. The quantitative estimate of drug-likeness (QED) is 0.286. The average molecular weight is 531 g/mol. The van der Waals surface area contributed by atoms with E-state index in [0.29, 0.717) is 18.1 Å². The number of amides is 1. The molecule has 3 heterocycles. The lowest BCUT2D eigenvalue weighted by Gasteiger charge is -2.16. The highest BCUT2D eigenvalue weighted by Crippen LogP contribution is 2.33. The molecule has 0 unspecified atom stereocenters. The van der Waals surface area contributed by atoms with Gasteiger partial charge in [-0.1, -0.05) is 6.07 Å². The fourth-order valence-corrected chi connectivity index (χ4v) is 4.40. The van der Waals surface area contributed by atoms with Crippen molar-refractivity contribution in [1.29, 1.82) is 0 Å². The van der Waals surface area contributed by atoms with Crippen molar-refractivity contribution in [3.8, 4) is 16.8 Å². The summed E-state index contributed by atoms with van der Waals surface area (Å²) in [5.74, 6) is -0.119. The second kappa shape index (κ2) is 10.3. The zero-order valence-electron chi connectivity index (χ0n) is 21.5. The van der Waals surface area contributed by atoms with Gasteiger partial charge in [0.2, 0.25) is 0 Å². The molecule has 39 heavy (non-hydrogen) atoms. The lowest BCUT2D eigenvalue weighted by Crippen LogP contribution is -2.17. The van der Waals surface area contributed by atoms with Gasteiger partial charge in [0.15, 0.2) is 0 Å². The van der Waals surface area contributed by atoms with E-state index in [0.717, 1.165) is 39.7 Å². The molecule has 0 aliphatic rings. The van der Waals surface area contributed by atoms with Crippen molar-refractivity contribution in [3.63, 3.8) is 0 Å². The molecule has 0 aliphatic carbocycles. The summed E-state index contributed by atoms with van der Waals surface area (Å²) in [5.41, 5.74) is 2.87. The molecule has 0 bridgehead atoms. The Kier molecular flexibility index (Phi) is 6.88. The van der Waals surface area contributed by atoms with Gasteiger partial charge in [-0.3, -0.25) is 14.8 Å². The van der Waals surface area contributed by atoms with E-state index >= 15 is 0 Å². The molecule has 0 spiro atoms. The van der Waals surface area contributed by atoms with Crippen molar-refractivity contribution in [2.45, 2.75) is 19.6 Å². The number of carbonyl (C=O) groups excluding carboxylic acids is 1. The molecule has 0 atom stereocenters. The number of anilines is 1. The van der Waals surface area contributed by atoms with Crippen molar-refractivity contribution < 1.29 is 18.0 Å². The first-order valence-corrected chi connectivity index (χ1v) is 12.1. The summed E-state index contributed by atoms with van der Waals surface area (Å²) in [6.07, 6.45) is 3.58. The Morgan fingerprint density at radius 2 is 1.82 bits per heavy atom. The number of nitrogens with one attached hydrogen (secondary N) is 1. The molecular formula is C29H25F3N6O. The maximum absolute atomic E-state index is 13.8. The number of benzene rings is 2. The standard InChI is InChI=1S/C29H25F3N6O/c1-18-6-7-22(14-24(18)25-16-33-15-19-5-4-8-35-27(19)25)36-28(39)20-11-21(29(30,31)32)13-23(12-20)38-10-9-34-26(38)17-37(2)3/h4-16H,17H2,1-3H3,(H,36,39). The van der Waals surface area contributed by atoms with E-state index in [9.17, 15) is 18.0 Å². The number of hydrogen-bond donors (Lipinski definition) is 1. The van der Waals surface area contributed by atoms with Gasteiger partial charge in [0, 0.05) is 58.9 Å². The minimum absolute atomic E-state index is 0.125. The second-order valence-corrected chi connectivity index (χ2v) is 9.46. The topological polar surface area (TPSA) is 75.9 Å². The molecule has 0 aliphatic heterocycles.